The lowest BCUT2D eigenvalue weighted by Crippen LogP contribution is -2.10. The van der Waals surface area contributed by atoms with Crippen LogP contribution in [0.1, 0.15) is 0 Å². The summed E-state index contributed by atoms with van der Waals surface area (Å²) in [5, 5.41) is 0. The molecule has 0 fully saturated rings. The molecule has 2 N–H and O–H groups in total. The van der Waals surface area contributed by atoms with Crippen LogP contribution in [0.25, 0.3) is 0 Å². The molecule has 1 aromatic carbocycles. The van der Waals surface area contributed by atoms with E-state index in [4.69, 9.17) is 5.73 Å². The van der Waals surface area contributed by atoms with Crippen LogP contribution in [-0.4, -0.2) is 16.5 Å². The maximum absolute atomic E-state index is 11.4. The van der Waals surface area contributed by atoms with Gasteiger partial charge < -0.3 is 5.73 Å². The fraction of sp³-hybridized carbons (Fsp3) is 0.250. The number of hydrogen-bond donors (Lipinski definition) is 1. The minimum atomic E-state index is -0.920. The van der Waals surface area contributed by atoms with Crippen molar-refractivity contribution in [3.8, 4) is 0 Å². The van der Waals surface area contributed by atoms with Crippen LogP contribution in [0.15, 0.2) is 29.2 Å². The predicted octanol–water partition coefficient (Wildman–Crippen LogP) is 1.36. The first kappa shape index (κ1) is 10.1. The third kappa shape index (κ3) is 2.84. The molecule has 0 amide bonds. The highest BCUT2D eigenvalue weighted by atomic mass is 127. The van der Waals surface area contributed by atoms with E-state index >= 15 is 0 Å². The normalized spacial score (nSPS) is 12.8. The van der Waals surface area contributed by atoms with Crippen molar-refractivity contribution in [1.29, 1.82) is 0 Å². The van der Waals surface area contributed by atoms with Gasteiger partial charge in [0.05, 0.1) is 10.8 Å². The van der Waals surface area contributed by atoms with Crippen LogP contribution in [0.3, 0.4) is 0 Å². The Kier molecular flexibility index (Phi) is 4.17. The van der Waals surface area contributed by atoms with Gasteiger partial charge in [-0.1, -0.05) is 0 Å². The van der Waals surface area contributed by atoms with E-state index in [1.165, 1.54) is 0 Å². The largest absolute Gasteiger partial charge is 0.330 e. The van der Waals surface area contributed by atoms with E-state index in [9.17, 15) is 4.21 Å². The summed E-state index contributed by atoms with van der Waals surface area (Å²) in [7, 11) is -0.920. The van der Waals surface area contributed by atoms with Gasteiger partial charge in [-0.25, -0.2) is 0 Å². The summed E-state index contributed by atoms with van der Waals surface area (Å²) < 4.78 is 12.5. The summed E-state index contributed by atoms with van der Waals surface area (Å²) in [5.74, 6) is 0.542. The molecule has 0 spiro atoms. The maximum atomic E-state index is 11.4. The topological polar surface area (TPSA) is 43.1 Å². The quantitative estimate of drug-likeness (QED) is 0.856. The van der Waals surface area contributed by atoms with Gasteiger partial charge in [0, 0.05) is 20.8 Å². The Bertz CT molecular complexity index is 273. The highest BCUT2D eigenvalue weighted by Gasteiger charge is 2.00. The average molecular weight is 295 g/mol. The molecule has 1 atom stereocenters. The molecular weight excluding hydrogens is 285 g/mol. The molecule has 12 heavy (non-hydrogen) atoms. The third-order valence-electron chi connectivity index (χ3n) is 1.38. The number of hydrogen-bond acceptors (Lipinski definition) is 2. The molecule has 0 radical (unpaired) electrons. The van der Waals surface area contributed by atoms with Gasteiger partial charge in [0.25, 0.3) is 0 Å². The molecule has 66 valence electrons. The van der Waals surface area contributed by atoms with E-state index in [-0.39, 0.29) is 0 Å². The second kappa shape index (κ2) is 4.94. The monoisotopic (exact) mass is 295 g/mol. The zero-order valence-electron chi connectivity index (χ0n) is 6.50. The van der Waals surface area contributed by atoms with Crippen LogP contribution in [0.5, 0.6) is 0 Å². The second-order valence-electron chi connectivity index (χ2n) is 2.29. The van der Waals surface area contributed by atoms with E-state index in [0.29, 0.717) is 12.3 Å². The first-order valence-corrected chi connectivity index (χ1v) is 5.98. The Morgan fingerprint density at radius 3 is 2.42 bits per heavy atom. The molecule has 0 aliphatic carbocycles. The molecule has 1 rings (SSSR count). The molecule has 0 saturated carbocycles. The van der Waals surface area contributed by atoms with Gasteiger partial charge in [-0.15, -0.1) is 0 Å². The molecule has 0 aliphatic heterocycles. The summed E-state index contributed by atoms with van der Waals surface area (Å²) in [6, 6.07) is 7.66. The zero-order valence-corrected chi connectivity index (χ0v) is 9.47. The van der Waals surface area contributed by atoms with E-state index in [2.05, 4.69) is 22.6 Å². The summed E-state index contributed by atoms with van der Waals surface area (Å²) in [5.41, 5.74) is 5.30. The Morgan fingerprint density at radius 1 is 1.33 bits per heavy atom. The molecule has 0 unspecified atom stereocenters. The van der Waals surface area contributed by atoms with Gasteiger partial charge >= 0.3 is 0 Å². The molecule has 2 nitrogen and oxygen atoms in total. The fourth-order valence-electron chi connectivity index (χ4n) is 0.811. The van der Waals surface area contributed by atoms with Crippen molar-refractivity contribution in [3.63, 3.8) is 0 Å². The lowest BCUT2D eigenvalue weighted by Gasteiger charge is -1.99. The van der Waals surface area contributed by atoms with Crippen LogP contribution in [0.4, 0.5) is 0 Å². The van der Waals surface area contributed by atoms with Crippen LogP contribution < -0.4 is 5.73 Å². The van der Waals surface area contributed by atoms with Crippen molar-refractivity contribution >= 4 is 33.4 Å². The molecule has 0 bridgehead atoms. The van der Waals surface area contributed by atoms with Gasteiger partial charge in [0.15, 0.2) is 0 Å². The molecule has 1 aromatic rings. The van der Waals surface area contributed by atoms with Crippen molar-refractivity contribution in [2.75, 3.05) is 12.3 Å². The SMILES string of the molecule is NCC[S@](=O)c1ccc(I)cc1. The highest BCUT2D eigenvalue weighted by Crippen LogP contribution is 2.10. The minimum Gasteiger partial charge on any atom is -0.330 e. The van der Waals surface area contributed by atoms with Crippen LogP contribution in [0, 0.1) is 3.57 Å². The lowest BCUT2D eigenvalue weighted by atomic mass is 10.4. The first-order chi connectivity index (χ1) is 5.74. The van der Waals surface area contributed by atoms with E-state index in [1.807, 2.05) is 24.3 Å². The summed E-state index contributed by atoms with van der Waals surface area (Å²) >= 11 is 2.22. The smallest absolute Gasteiger partial charge is 0.0542 e. The summed E-state index contributed by atoms with van der Waals surface area (Å²) in [6.07, 6.45) is 0. The number of nitrogens with two attached hydrogens (primary N) is 1. The predicted molar refractivity (Wildman–Crippen MR) is 59.5 cm³/mol. The summed E-state index contributed by atoms with van der Waals surface area (Å²) in [6.45, 7) is 0.471. The Morgan fingerprint density at radius 2 is 1.92 bits per heavy atom. The molecule has 0 heterocycles. The Hall–Kier alpha value is 0.0600. The van der Waals surface area contributed by atoms with Crippen molar-refractivity contribution in [2.45, 2.75) is 4.90 Å². The van der Waals surface area contributed by atoms with Crippen molar-refractivity contribution < 1.29 is 4.21 Å². The second-order valence-corrected chi connectivity index (χ2v) is 5.11. The van der Waals surface area contributed by atoms with Crippen molar-refractivity contribution in [3.05, 3.63) is 27.8 Å². The molecular formula is C8H10INOS. The van der Waals surface area contributed by atoms with E-state index < -0.39 is 10.8 Å². The maximum Gasteiger partial charge on any atom is 0.0542 e. The van der Waals surface area contributed by atoms with Crippen molar-refractivity contribution in [1.82, 2.24) is 0 Å². The average Bonchev–Trinajstić information content (AvgIpc) is 2.06. The Balaban J connectivity index is 2.75. The molecule has 0 saturated heterocycles. The minimum absolute atomic E-state index is 0.471. The van der Waals surface area contributed by atoms with Crippen LogP contribution >= 0.6 is 22.6 Å². The molecule has 4 heteroatoms. The Labute approximate surface area is 88.1 Å². The summed E-state index contributed by atoms with van der Waals surface area (Å²) in [4.78, 5) is 0.862. The van der Waals surface area contributed by atoms with Gasteiger partial charge in [0.2, 0.25) is 0 Å². The lowest BCUT2D eigenvalue weighted by molar-refractivity contribution is 0.682. The standard InChI is InChI=1S/C8H10INOS/c9-7-1-3-8(4-2-7)12(11)6-5-10/h1-4H,5-6,10H2/t12-/m0/s1. The van der Waals surface area contributed by atoms with Gasteiger partial charge in [-0.05, 0) is 46.9 Å². The van der Waals surface area contributed by atoms with Crippen LogP contribution in [0.2, 0.25) is 0 Å². The van der Waals surface area contributed by atoms with Gasteiger partial charge in [-0.3, -0.25) is 4.21 Å². The number of halogens is 1. The zero-order chi connectivity index (χ0) is 8.97. The molecule has 0 aromatic heterocycles. The van der Waals surface area contributed by atoms with Crippen LogP contribution in [-0.2, 0) is 10.8 Å². The highest BCUT2D eigenvalue weighted by molar-refractivity contribution is 14.1. The van der Waals surface area contributed by atoms with E-state index in [1.54, 1.807) is 0 Å². The first-order valence-electron chi connectivity index (χ1n) is 3.58. The fourth-order valence-corrected chi connectivity index (χ4v) is 2.06. The van der Waals surface area contributed by atoms with Gasteiger partial charge in [0.1, 0.15) is 0 Å². The molecule has 0 aliphatic rings. The van der Waals surface area contributed by atoms with E-state index in [0.717, 1.165) is 8.47 Å². The van der Waals surface area contributed by atoms with Crippen molar-refractivity contribution in [2.24, 2.45) is 5.73 Å². The van der Waals surface area contributed by atoms with Gasteiger partial charge in [-0.2, -0.15) is 0 Å². The third-order valence-corrected chi connectivity index (χ3v) is 3.50. The number of rotatable bonds is 3. The number of benzene rings is 1.